The highest BCUT2D eigenvalue weighted by molar-refractivity contribution is 5.31. The molecule has 20 heavy (non-hydrogen) atoms. The minimum Gasteiger partial charge on any atom is -0.348 e. The summed E-state index contributed by atoms with van der Waals surface area (Å²) in [5.41, 5.74) is 2.51. The van der Waals surface area contributed by atoms with Crippen LogP contribution in [0.1, 0.15) is 23.0 Å². The summed E-state index contributed by atoms with van der Waals surface area (Å²) < 4.78 is 0. The number of aromatic nitrogens is 2. The van der Waals surface area contributed by atoms with Gasteiger partial charge in [0.15, 0.2) is 0 Å². The molecule has 2 aromatic carbocycles. The summed E-state index contributed by atoms with van der Waals surface area (Å²) in [6.45, 7) is 0.710. The maximum Gasteiger partial charge on any atom is 0.120 e. The molecule has 3 aromatic rings. The standard InChI is InChI=1S/C17H17N3/c1-3-7-14(8-4-1)17(15-9-5-2-6-10-15)20-13-16-18-11-12-19-16/h1-12,17,20H,13H2,(H,18,19). The van der Waals surface area contributed by atoms with Crippen molar-refractivity contribution in [1.82, 2.24) is 15.3 Å². The molecule has 100 valence electrons. The quantitative estimate of drug-likeness (QED) is 0.741. The first-order valence-electron chi connectivity index (χ1n) is 6.75. The third-order valence-corrected chi connectivity index (χ3v) is 3.29. The Morgan fingerprint density at radius 3 is 2.00 bits per heavy atom. The van der Waals surface area contributed by atoms with Crippen molar-refractivity contribution in [2.75, 3.05) is 0 Å². The largest absolute Gasteiger partial charge is 0.348 e. The second kappa shape index (κ2) is 6.17. The van der Waals surface area contributed by atoms with Gasteiger partial charge in [0.05, 0.1) is 12.6 Å². The van der Waals surface area contributed by atoms with Gasteiger partial charge in [0.25, 0.3) is 0 Å². The summed E-state index contributed by atoms with van der Waals surface area (Å²) in [6.07, 6.45) is 3.62. The maximum absolute atomic E-state index is 4.26. The van der Waals surface area contributed by atoms with Crippen molar-refractivity contribution in [3.8, 4) is 0 Å². The molecule has 0 aliphatic carbocycles. The lowest BCUT2D eigenvalue weighted by Crippen LogP contribution is -2.22. The van der Waals surface area contributed by atoms with Crippen LogP contribution in [-0.4, -0.2) is 9.97 Å². The Hall–Kier alpha value is -2.39. The van der Waals surface area contributed by atoms with Gasteiger partial charge in [-0.25, -0.2) is 4.98 Å². The number of aromatic amines is 1. The van der Waals surface area contributed by atoms with Gasteiger partial charge in [-0.05, 0) is 11.1 Å². The second-order valence-electron chi connectivity index (χ2n) is 4.67. The van der Waals surface area contributed by atoms with Gasteiger partial charge < -0.3 is 4.98 Å². The lowest BCUT2D eigenvalue weighted by atomic mass is 9.99. The molecule has 0 radical (unpaired) electrons. The Bertz CT molecular complexity index is 578. The number of H-pyrrole nitrogens is 1. The molecule has 0 saturated heterocycles. The zero-order chi connectivity index (χ0) is 13.6. The van der Waals surface area contributed by atoms with Crippen molar-refractivity contribution in [3.05, 3.63) is 90.0 Å². The Labute approximate surface area is 118 Å². The van der Waals surface area contributed by atoms with Crippen molar-refractivity contribution >= 4 is 0 Å². The van der Waals surface area contributed by atoms with Crippen LogP contribution in [0.25, 0.3) is 0 Å². The molecule has 0 atom stereocenters. The lowest BCUT2D eigenvalue weighted by Gasteiger charge is -2.19. The van der Waals surface area contributed by atoms with Gasteiger partial charge in [0, 0.05) is 12.4 Å². The van der Waals surface area contributed by atoms with E-state index >= 15 is 0 Å². The van der Waals surface area contributed by atoms with E-state index in [0.29, 0.717) is 6.54 Å². The Morgan fingerprint density at radius 2 is 1.50 bits per heavy atom. The van der Waals surface area contributed by atoms with E-state index in [9.17, 15) is 0 Å². The first-order chi connectivity index (χ1) is 9.93. The van der Waals surface area contributed by atoms with Crippen LogP contribution in [0.15, 0.2) is 73.1 Å². The van der Waals surface area contributed by atoms with E-state index in [-0.39, 0.29) is 6.04 Å². The predicted octanol–water partition coefficient (Wildman–Crippen LogP) is 3.29. The third kappa shape index (κ3) is 2.95. The fourth-order valence-electron chi connectivity index (χ4n) is 2.31. The molecule has 0 aliphatic heterocycles. The van der Waals surface area contributed by atoms with Gasteiger partial charge in [-0.2, -0.15) is 0 Å². The normalized spacial score (nSPS) is 10.8. The van der Waals surface area contributed by atoms with E-state index in [4.69, 9.17) is 0 Å². The van der Waals surface area contributed by atoms with Crippen molar-refractivity contribution in [1.29, 1.82) is 0 Å². The summed E-state index contributed by atoms with van der Waals surface area (Å²) in [4.78, 5) is 7.38. The van der Waals surface area contributed by atoms with Crippen LogP contribution in [0.4, 0.5) is 0 Å². The van der Waals surface area contributed by atoms with Gasteiger partial charge in [0.2, 0.25) is 0 Å². The topological polar surface area (TPSA) is 40.7 Å². The van der Waals surface area contributed by atoms with Crippen LogP contribution in [0.3, 0.4) is 0 Å². The molecule has 3 nitrogen and oxygen atoms in total. The smallest absolute Gasteiger partial charge is 0.120 e. The number of hydrogen-bond acceptors (Lipinski definition) is 2. The third-order valence-electron chi connectivity index (χ3n) is 3.29. The van der Waals surface area contributed by atoms with Crippen LogP contribution >= 0.6 is 0 Å². The molecule has 0 unspecified atom stereocenters. The highest BCUT2D eigenvalue weighted by Crippen LogP contribution is 2.21. The molecule has 0 aliphatic rings. The Kier molecular flexibility index (Phi) is 3.90. The summed E-state index contributed by atoms with van der Waals surface area (Å²) in [6, 6.07) is 21.1. The summed E-state index contributed by atoms with van der Waals surface area (Å²) in [7, 11) is 0. The van der Waals surface area contributed by atoms with Gasteiger partial charge in [-0.15, -0.1) is 0 Å². The molecule has 0 saturated carbocycles. The Balaban J connectivity index is 1.84. The van der Waals surface area contributed by atoms with Gasteiger partial charge >= 0.3 is 0 Å². The highest BCUT2D eigenvalue weighted by atomic mass is 15.0. The van der Waals surface area contributed by atoms with E-state index in [1.54, 1.807) is 6.20 Å². The summed E-state index contributed by atoms with van der Waals surface area (Å²) in [5, 5.41) is 3.56. The van der Waals surface area contributed by atoms with E-state index in [1.165, 1.54) is 11.1 Å². The molecule has 3 heteroatoms. The monoisotopic (exact) mass is 263 g/mol. The van der Waals surface area contributed by atoms with Gasteiger partial charge in [-0.1, -0.05) is 60.7 Å². The van der Waals surface area contributed by atoms with E-state index in [2.05, 4.69) is 63.8 Å². The van der Waals surface area contributed by atoms with Crippen LogP contribution in [0.2, 0.25) is 0 Å². The fraction of sp³-hybridized carbons (Fsp3) is 0.118. The van der Waals surface area contributed by atoms with Crippen LogP contribution < -0.4 is 5.32 Å². The summed E-state index contributed by atoms with van der Waals surface area (Å²) >= 11 is 0. The first kappa shape index (κ1) is 12.6. The average molecular weight is 263 g/mol. The minimum atomic E-state index is 0.169. The molecule has 1 heterocycles. The molecule has 0 amide bonds. The number of benzene rings is 2. The Morgan fingerprint density at radius 1 is 0.900 bits per heavy atom. The zero-order valence-electron chi connectivity index (χ0n) is 11.2. The van der Waals surface area contributed by atoms with Gasteiger partial charge in [-0.3, -0.25) is 5.32 Å². The van der Waals surface area contributed by atoms with Crippen LogP contribution in [0.5, 0.6) is 0 Å². The average Bonchev–Trinajstić information content (AvgIpc) is 3.03. The lowest BCUT2D eigenvalue weighted by molar-refractivity contribution is 0.590. The second-order valence-corrected chi connectivity index (χ2v) is 4.67. The van der Waals surface area contributed by atoms with Gasteiger partial charge in [0.1, 0.15) is 5.82 Å². The number of nitrogens with zero attached hydrogens (tertiary/aromatic N) is 1. The molecule has 0 bridgehead atoms. The van der Waals surface area contributed by atoms with Crippen molar-refractivity contribution in [3.63, 3.8) is 0 Å². The van der Waals surface area contributed by atoms with Crippen LogP contribution in [0, 0.1) is 0 Å². The van der Waals surface area contributed by atoms with E-state index in [1.807, 2.05) is 18.3 Å². The summed E-state index contributed by atoms with van der Waals surface area (Å²) in [5.74, 6) is 0.946. The highest BCUT2D eigenvalue weighted by Gasteiger charge is 2.13. The number of rotatable bonds is 5. The molecular weight excluding hydrogens is 246 g/mol. The fourth-order valence-corrected chi connectivity index (χ4v) is 2.31. The zero-order valence-corrected chi connectivity index (χ0v) is 11.2. The SMILES string of the molecule is c1ccc(C(NCc2ncc[nH]2)c2ccccc2)cc1. The molecule has 1 aromatic heterocycles. The van der Waals surface area contributed by atoms with Crippen molar-refractivity contribution in [2.24, 2.45) is 0 Å². The number of imidazole rings is 1. The molecule has 0 spiro atoms. The van der Waals surface area contributed by atoms with Crippen LogP contribution in [-0.2, 0) is 6.54 Å². The minimum absolute atomic E-state index is 0.169. The van der Waals surface area contributed by atoms with E-state index < -0.39 is 0 Å². The predicted molar refractivity (Wildman–Crippen MR) is 80.2 cm³/mol. The first-order valence-corrected chi connectivity index (χ1v) is 6.75. The van der Waals surface area contributed by atoms with Crippen molar-refractivity contribution < 1.29 is 0 Å². The van der Waals surface area contributed by atoms with E-state index in [0.717, 1.165) is 5.82 Å². The number of hydrogen-bond donors (Lipinski definition) is 2. The maximum atomic E-state index is 4.26. The van der Waals surface area contributed by atoms with Crippen molar-refractivity contribution in [2.45, 2.75) is 12.6 Å². The molecule has 3 rings (SSSR count). The molecule has 2 N–H and O–H groups in total. The molecular formula is C17H17N3. The molecule has 0 fully saturated rings. The number of nitrogens with one attached hydrogen (secondary N) is 2.